The lowest BCUT2D eigenvalue weighted by Crippen LogP contribution is -2.40. The first kappa shape index (κ1) is 17.6. The highest BCUT2D eigenvalue weighted by Gasteiger charge is 2.24. The number of hydrogen-bond donors (Lipinski definition) is 0. The number of aromatic nitrogens is 3. The van der Waals surface area contributed by atoms with Crippen LogP contribution in [0, 0.1) is 5.92 Å². The van der Waals surface area contributed by atoms with Gasteiger partial charge in [-0.3, -0.25) is 9.78 Å². The minimum atomic E-state index is 0.176. The molecule has 0 radical (unpaired) electrons. The van der Waals surface area contributed by atoms with Gasteiger partial charge in [0.25, 0.3) is 0 Å². The molecule has 6 heteroatoms. The third kappa shape index (κ3) is 4.87. The van der Waals surface area contributed by atoms with Crippen molar-refractivity contribution in [1.29, 1.82) is 0 Å². The van der Waals surface area contributed by atoms with E-state index < -0.39 is 0 Å². The molecular formula is C19H26N4O2. The molecule has 134 valence electrons. The highest BCUT2D eigenvalue weighted by atomic mass is 16.4. The standard InChI is InChI=1S/C19H26N4O2/c1-14(2)19-22-21-17(25-19)8-9-18(24)23-11-5-6-15(13-23)12-16-7-3-4-10-20-16/h3-4,7,10,14-15H,5-6,8-9,11-13H2,1-2H3/t15-/m1/s1. The second-order valence-corrected chi connectivity index (χ2v) is 7.06. The van der Waals surface area contributed by atoms with E-state index in [2.05, 4.69) is 21.2 Å². The average molecular weight is 342 g/mol. The molecule has 3 heterocycles. The van der Waals surface area contributed by atoms with Crippen LogP contribution >= 0.6 is 0 Å². The van der Waals surface area contributed by atoms with E-state index in [1.54, 1.807) is 0 Å². The zero-order valence-corrected chi connectivity index (χ0v) is 15.0. The van der Waals surface area contributed by atoms with Gasteiger partial charge in [-0.1, -0.05) is 19.9 Å². The highest BCUT2D eigenvalue weighted by Crippen LogP contribution is 2.21. The molecule has 1 aliphatic rings. The molecule has 1 amide bonds. The van der Waals surface area contributed by atoms with Gasteiger partial charge in [-0.05, 0) is 37.3 Å². The lowest BCUT2D eigenvalue weighted by molar-refractivity contribution is -0.133. The second-order valence-electron chi connectivity index (χ2n) is 7.06. The molecule has 2 aromatic heterocycles. The predicted octanol–water partition coefficient (Wildman–Crippen LogP) is 3.00. The number of carbonyl (C=O) groups excluding carboxylic acids is 1. The van der Waals surface area contributed by atoms with Gasteiger partial charge in [0.1, 0.15) is 0 Å². The van der Waals surface area contributed by atoms with Gasteiger partial charge in [-0.25, -0.2) is 0 Å². The third-order valence-electron chi connectivity index (χ3n) is 4.62. The van der Waals surface area contributed by atoms with Gasteiger partial charge in [-0.2, -0.15) is 0 Å². The van der Waals surface area contributed by atoms with Crippen molar-refractivity contribution in [1.82, 2.24) is 20.1 Å². The van der Waals surface area contributed by atoms with Crippen LogP contribution < -0.4 is 0 Å². The Hall–Kier alpha value is -2.24. The van der Waals surface area contributed by atoms with Crippen LogP contribution in [-0.4, -0.2) is 39.1 Å². The first-order valence-electron chi connectivity index (χ1n) is 9.11. The Balaban J connectivity index is 1.49. The van der Waals surface area contributed by atoms with E-state index in [0.717, 1.165) is 38.0 Å². The molecule has 0 spiro atoms. The number of likely N-dealkylation sites (tertiary alicyclic amines) is 1. The van der Waals surface area contributed by atoms with Crippen molar-refractivity contribution in [3.8, 4) is 0 Å². The lowest BCUT2D eigenvalue weighted by Gasteiger charge is -2.32. The van der Waals surface area contributed by atoms with Gasteiger partial charge in [0.15, 0.2) is 0 Å². The van der Waals surface area contributed by atoms with Crippen LogP contribution in [0.3, 0.4) is 0 Å². The number of rotatable bonds is 6. The van der Waals surface area contributed by atoms with Gasteiger partial charge in [0.2, 0.25) is 17.7 Å². The summed E-state index contributed by atoms with van der Waals surface area (Å²) in [5, 5.41) is 8.05. The minimum absolute atomic E-state index is 0.176. The largest absolute Gasteiger partial charge is 0.425 e. The molecule has 1 aliphatic heterocycles. The summed E-state index contributed by atoms with van der Waals surface area (Å²) < 4.78 is 5.58. The first-order chi connectivity index (χ1) is 12.1. The molecule has 1 saturated heterocycles. The van der Waals surface area contributed by atoms with E-state index in [1.807, 2.05) is 37.1 Å². The summed E-state index contributed by atoms with van der Waals surface area (Å²) in [6.45, 7) is 5.69. The molecule has 0 aliphatic carbocycles. The highest BCUT2D eigenvalue weighted by molar-refractivity contribution is 5.76. The maximum atomic E-state index is 12.5. The van der Waals surface area contributed by atoms with Crippen LogP contribution in [0.15, 0.2) is 28.8 Å². The van der Waals surface area contributed by atoms with Crippen molar-refractivity contribution in [3.05, 3.63) is 41.9 Å². The van der Waals surface area contributed by atoms with Crippen molar-refractivity contribution in [3.63, 3.8) is 0 Å². The molecule has 0 N–H and O–H groups in total. The van der Waals surface area contributed by atoms with E-state index >= 15 is 0 Å². The van der Waals surface area contributed by atoms with E-state index in [4.69, 9.17) is 4.42 Å². The van der Waals surface area contributed by atoms with Gasteiger partial charge in [-0.15, -0.1) is 10.2 Å². The lowest BCUT2D eigenvalue weighted by atomic mass is 9.93. The number of aryl methyl sites for hydroxylation is 1. The quantitative estimate of drug-likeness (QED) is 0.807. The molecule has 0 unspecified atom stereocenters. The number of amides is 1. The zero-order chi connectivity index (χ0) is 17.6. The SMILES string of the molecule is CC(C)c1nnc(CCC(=O)N2CCC[C@H](Cc3ccccn3)C2)o1. The van der Waals surface area contributed by atoms with Gasteiger partial charge in [0.05, 0.1) is 0 Å². The molecule has 1 atom stereocenters. The number of carbonyl (C=O) groups is 1. The van der Waals surface area contributed by atoms with Gasteiger partial charge in [0, 0.05) is 43.7 Å². The molecule has 0 aromatic carbocycles. The molecule has 2 aromatic rings. The molecule has 3 rings (SSSR count). The fourth-order valence-corrected chi connectivity index (χ4v) is 3.25. The van der Waals surface area contributed by atoms with Crippen LogP contribution in [-0.2, 0) is 17.6 Å². The topological polar surface area (TPSA) is 72.1 Å². The van der Waals surface area contributed by atoms with E-state index in [-0.39, 0.29) is 11.8 Å². The fourth-order valence-electron chi connectivity index (χ4n) is 3.25. The summed E-state index contributed by atoms with van der Waals surface area (Å²) in [6, 6.07) is 6.01. The summed E-state index contributed by atoms with van der Waals surface area (Å²) in [6.07, 6.45) is 5.92. The van der Waals surface area contributed by atoms with Crippen molar-refractivity contribution in [2.24, 2.45) is 5.92 Å². The Kier molecular flexibility index (Phi) is 5.79. The van der Waals surface area contributed by atoms with E-state index in [1.165, 1.54) is 0 Å². The van der Waals surface area contributed by atoms with Crippen molar-refractivity contribution >= 4 is 5.91 Å². The summed E-state index contributed by atoms with van der Waals surface area (Å²) in [7, 11) is 0. The minimum Gasteiger partial charge on any atom is -0.425 e. The Morgan fingerprint density at radius 2 is 2.24 bits per heavy atom. The first-order valence-corrected chi connectivity index (χ1v) is 9.11. The predicted molar refractivity (Wildman–Crippen MR) is 94.0 cm³/mol. The van der Waals surface area contributed by atoms with Crippen LogP contribution in [0.4, 0.5) is 0 Å². The monoisotopic (exact) mass is 342 g/mol. The molecule has 0 bridgehead atoms. The molecule has 1 fully saturated rings. The fraction of sp³-hybridized carbons (Fsp3) is 0.579. The van der Waals surface area contributed by atoms with Crippen LogP contribution in [0.1, 0.15) is 56.5 Å². The number of hydrogen-bond acceptors (Lipinski definition) is 5. The summed E-state index contributed by atoms with van der Waals surface area (Å²) in [5.41, 5.74) is 1.11. The number of piperidine rings is 1. The third-order valence-corrected chi connectivity index (χ3v) is 4.62. The maximum Gasteiger partial charge on any atom is 0.223 e. The summed E-state index contributed by atoms with van der Waals surface area (Å²) in [4.78, 5) is 18.9. The Morgan fingerprint density at radius 1 is 1.36 bits per heavy atom. The molecule has 0 saturated carbocycles. The molecule has 6 nitrogen and oxygen atoms in total. The molecule has 25 heavy (non-hydrogen) atoms. The van der Waals surface area contributed by atoms with E-state index in [0.29, 0.717) is 30.5 Å². The second kappa shape index (κ2) is 8.23. The number of pyridine rings is 1. The number of nitrogens with zero attached hydrogens (tertiary/aromatic N) is 4. The summed E-state index contributed by atoms with van der Waals surface area (Å²) in [5.74, 6) is 2.07. The molecular weight excluding hydrogens is 316 g/mol. The Labute approximate surface area is 148 Å². The zero-order valence-electron chi connectivity index (χ0n) is 15.0. The van der Waals surface area contributed by atoms with E-state index in [9.17, 15) is 4.79 Å². The van der Waals surface area contributed by atoms with Gasteiger partial charge >= 0.3 is 0 Å². The smallest absolute Gasteiger partial charge is 0.223 e. The Morgan fingerprint density at radius 3 is 2.96 bits per heavy atom. The Bertz CT molecular complexity index is 684. The normalized spacial score (nSPS) is 17.9. The van der Waals surface area contributed by atoms with Crippen LogP contribution in [0.5, 0.6) is 0 Å². The summed E-state index contributed by atoms with van der Waals surface area (Å²) >= 11 is 0. The van der Waals surface area contributed by atoms with Crippen LogP contribution in [0.2, 0.25) is 0 Å². The maximum absolute atomic E-state index is 12.5. The van der Waals surface area contributed by atoms with Crippen LogP contribution in [0.25, 0.3) is 0 Å². The van der Waals surface area contributed by atoms with Crippen molar-refractivity contribution in [2.75, 3.05) is 13.1 Å². The van der Waals surface area contributed by atoms with Crippen molar-refractivity contribution in [2.45, 2.75) is 51.9 Å². The van der Waals surface area contributed by atoms with Gasteiger partial charge < -0.3 is 9.32 Å². The van der Waals surface area contributed by atoms with Crippen molar-refractivity contribution < 1.29 is 9.21 Å². The average Bonchev–Trinajstić information content (AvgIpc) is 3.10.